The van der Waals surface area contributed by atoms with Gasteiger partial charge in [-0.05, 0) is 22.0 Å². The van der Waals surface area contributed by atoms with Crippen molar-refractivity contribution in [3.05, 3.63) is 21.9 Å². The lowest BCUT2D eigenvalue weighted by Gasteiger charge is -1.93. The summed E-state index contributed by atoms with van der Waals surface area (Å²) in [6.07, 6.45) is 0. The minimum Gasteiger partial charge on any atom is -0.329 e. The van der Waals surface area contributed by atoms with Crippen molar-refractivity contribution in [1.82, 2.24) is 4.57 Å². The van der Waals surface area contributed by atoms with E-state index >= 15 is 0 Å². The van der Waals surface area contributed by atoms with Crippen LogP contribution in [0.15, 0.2) is 10.7 Å². The first-order chi connectivity index (χ1) is 5.20. The number of nitriles is 2. The number of hydrogen-bond donors (Lipinski definition) is 0. The van der Waals surface area contributed by atoms with E-state index < -0.39 is 0 Å². The van der Waals surface area contributed by atoms with Crippen molar-refractivity contribution in [3.8, 4) is 12.1 Å². The van der Waals surface area contributed by atoms with Crippen LogP contribution < -0.4 is 0 Å². The van der Waals surface area contributed by atoms with Crippen LogP contribution in [0.4, 0.5) is 0 Å². The third kappa shape index (κ3) is 1.13. The molecule has 1 aromatic rings. The maximum atomic E-state index is 8.55. The molecule has 1 aromatic heterocycles. The van der Waals surface area contributed by atoms with Crippen LogP contribution >= 0.6 is 15.9 Å². The van der Waals surface area contributed by atoms with Crippen molar-refractivity contribution in [1.29, 1.82) is 10.5 Å². The lowest BCUT2D eigenvalue weighted by molar-refractivity contribution is 0.882. The second-order valence-corrected chi connectivity index (χ2v) is 2.77. The van der Waals surface area contributed by atoms with Gasteiger partial charge in [0.25, 0.3) is 0 Å². The third-order valence-corrected chi connectivity index (χ3v) is 2.35. The molecule has 0 fully saturated rings. The maximum Gasteiger partial charge on any atom is 0.122 e. The van der Waals surface area contributed by atoms with Crippen LogP contribution in [0.3, 0.4) is 0 Å². The molecule has 0 aliphatic rings. The van der Waals surface area contributed by atoms with Crippen LogP contribution in [0.5, 0.6) is 0 Å². The van der Waals surface area contributed by atoms with Crippen molar-refractivity contribution in [3.63, 3.8) is 0 Å². The van der Waals surface area contributed by atoms with E-state index in [2.05, 4.69) is 15.9 Å². The smallest absolute Gasteiger partial charge is 0.122 e. The highest BCUT2D eigenvalue weighted by atomic mass is 79.9. The molecule has 0 aromatic carbocycles. The summed E-state index contributed by atoms with van der Waals surface area (Å²) < 4.78 is 2.27. The molecule has 0 radical (unpaired) electrons. The Bertz CT molecular complexity index is 330. The molecule has 0 saturated carbocycles. The minimum absolute atomic E-state index is 0.480. The summed E-state index contributed by atoms with van der Waals surface area (Å²) in [5, 5.41) is 17.1. The molecule has 0 unspecified atom stereocenters. The van der Waals surface area contributed by atoms with Gasteiger partial charge in [0.2, 0.25) is 0 Å². The summed E-state index contributed by atoms with van der Waals surface area (Å²) in [6.45, 7) is 0. The monoisotopic (exact) mass is 209 g/mol. The van der Waals surface area contributed by atoms with Gasteiger partial charge < -0.3 is 4.57 Å². The van der Waals surface area contributed by atoms with Crippen molar-refractivity contribution >= 4 is 15.9 Å². The van der Waals surface area contributed by atoms with Gasteiger partial charge in [-0.3, -0.25) is 0 Å². The van der Waals surface area contributed by atoms with Gasteiger partial charge in [-0.15, -0.1) is 0 Å². The van der Waals surface area contributed by atoms with Gasteiger partial charge in [-0.2, -0.15) is 10.5 Å². The number of halogens is 1. The quantitative estimate of drug-likeness (QED) is 0.651. The predicted molar refractivity (Wildman–Crippen MR) is 42.5 cm³/mol. The molecule has 1 heterocycles. The molecule has 4 heteroatoms. The Morgan fingerprint density at radius 2 is 2.09 bits per heavy atom. The zero-order valence-electron chi connectivity index (χ0n) is 5.80. The van der Waals surface area contributed by atoms with Gasteiger partial charge in [0.15, 0.2) is 0 Å². The van der Waals surface area contributed by atoms with E-state index in [-0.39, 0.29) is 0 Å². The van der Waals surface area contributed by atoms with Gasteiger partial charge in [-0.25, -0.2) is 0 Å². The predicted octanol–water partition coefficient (Wildman–Crippen LogP) is 1.53. The highest BCUT2D eigenvalue weighted by molar-refractivity contribution is 9.10. The van der Waals surface area contributed by atoms with E-state index in [0.29, 0.717) is 15.9 Å². The number of rotatable bonds is 0. The zero-order chi connectivity index (χ0) is 8.43. The van der Waals surface area contributed by atoms with Crippen molar-refractivity contribution in [2.75, 3.05) is 0 Å². The first kappa shape index (κ1) is 7.84. The molecule has 0 aliphatic heterocycles. The second-order valence-electron chi connectivity index (χ2n) is 2.02. The molecule has 0 amide bonds. The standard InChI is InChI=1S/C7H4BrN3/c1-11-6(4-10)2-5(3-9)7(11)8/h2H,1H3. The number of aromatic nitrogens is 1. The Labute approximate surface area is 72.6 Å². The molecular weight excluding hydrogens is 206 g/mol. The van der Waals surface area contributed by atoms with E-state index in [1.54, 1.807) is 17.7 Å². The second kappa shape index (κ2) is 2.77. The number of nitrogens with zero attached hydrogens (tertiary/aromatic N) is 3. The van der Waals surface area contributed by atoms with Crippen molar-refractivity contribution < 1.29 is 0 Å². The number of hydrogen-bond acceptors (Lipinski definition) is 2. The summed E-state index contributed by atoms with van der Waals surface area (Å²) >= 11 is 3.19. The molecule has 0 N–H and O–H groups in total. The lowest BCUT2D eigenvalue weighted by Crippen LogP contribution is -1.90. The van der Waals surface area contributed by atoms with Crippen LogP contribution in [0.2, 0.25) is 0 Å². The lowest BCUT2D eigenvalue weighted by atomic mass is 10.3. The average molecular weight is 210 g/mol. The van der Waals surface area contributed by atoms with E-state index in [1.807, 2.05) is 12.1 Å². The summed E-state index contributed by atoms with van der Waals surface area (Å²) in [5.74, 6) is 0. The van der Waals surface area contributed by atoms with Crippen LogP contribution in [0.1, 0.15) is 11.3 Å². The Kier molecular flexibility index (Phi) is 1.98. The fraction of sp³-hybridized carbons (Fsp3) is 0.143. The van der Waals surface area contributed by atoms with Crippen molar-refractivity contribution in [2.24, 2.45) is 7.05 Å². The molecule has 1 rings (SSSR count). The molecule has 0 saturated heterocycles. The maximum absolute atomic E-state index is 8.55. The van der Waals surface area contributed by atoms with E-state index in [1.165, 1.54) is 0 Å². The molecule has 54 valence electrons. The summed E-state index contributed by atoms with van der Waals surface area (Å²) in [6, 6.07) is 5.49. The molecular formula is C7H4BrN3. The normalized spacial score (nSPS) is 8.73. The topological polar surface area (TPSA) is 52.5 Å². The molecule has 11 heavy (non-hydrogen) atoms. The van der Waals surface area contributed by atoms with Crippen LogP contribution in [0.25, 0.3) is 0 Å². The Morgan fingerprint density at radius 1 is 1.45 bits per heavy atom. The van der Waals surface area contributed by atoms with Crippen LogP contribution in [-0.2, 0) is 7.05 Å². The molecule has 0 atom stereocenters. The molecule has 0 spiro atoms. The Balaban J connectivity index is 3.40. The van der Waals surface area contributed by atoms with Gasteiger partial charge >= 0.3 is 0 Å². The van der Waals surface area contributed by atoms with Gasteiger partial charge in [-0.1, -0.05) is 0 Å². The van der Waals surface area contributed by atoms with Crippen LogP contribution in [-0.4, -0.2) is 4.57 Å². The average Bonchev–Trinajstić information content (AvgIpc) is 2.30. The third-order valence-electron chi connectivity index (χ3n) is 1.39. The largest absolute Gasteiger partial charge is 0.329 e. The summed E-state index contributed by atoms with van der Waals surface area (Å²) in [7, 11) is 1.73. The molecule has 3 nitrogen and oxygen atoms in total. The molecule has 0 aliphatic carbocycles. The first-order valence-electron chi connectivity index (χ1n) is 2.86. The van der Waals surface area contributed by atoms with Crippen LogP contribution in [0, 0.1) is 22.7 Å². The van der Waals surface area contributed by atoms with E-state index in [4.69, 9.17) is 10.5 Å². The van der Waals surface area contributed by atoms with Crippen molar-refractivity contribution in [2.45, 2.75) is 0 Å². The van der Waals surface area contributed by atoms with E-state index in [0.717, 1.165) is 0 Å². The summed E-state index contributed by atoms with van der Waals surface area (Å²) in [4.78, 5) is 0. The summed E-state index contributed by atoms with van der Waals surface area (Å²) in [5.41, 5.74) is 0.970. The first-order valence-corrected chi connectivity index (χ1v) is 3.65. The van der Waals surface area contributed by atoms with Gasteiger partial charge in [0.1, 0.15) is 22.4 Å². The fourth-order valence-electron chi connectivity index (χ4n) is 0.765. The van der Waals surface area contributed by atoms with Gasteiger partial charge in [0, 0.05) is 7.05 Å². The van der Waals surface area contributed by atoms with Gasteiger partial charge in [0.05, 0.1) is 5.56 Å². The fourth-order valence-corrected chi connectivity index (χ4v) is 1.16. The Morgan fingerprint density at radius 3 is 2.36 bits per heavy atom. The highest BCUT2D eigenvalue weighted by Crippen LogP contribution is 2.18. The SMILES string of the molecule is Cn1c(C#N)cc(C#N)c1Br. The molecule has 0 bridgehead atoms. The Hall–Kier alpha value is -1.26. The zero-order valence-corrected chi connectivity index (χ0v) is 7.38. The minimum atomic E-state index is 0.480. The van der Waals surface area contributed by atoms with E-state index in [9.17, 15) is 0 Å². The highest BCUT2D eigenvalue weighted by Gasteiger charge is 2.07.